The van der Waals surface area contributed by atoms with Gasteiger partial charge in [0, 0.05) is 0 Å². The van der Waals surface area contributed by atoms with Crippen LogP contribution in [0.1, 0.15) is 322 Å². The van der Waals surface area contributed by atoms with Crippen molar-refractivity contribution in [3.63, 3.8) is 0 Å². The van der Waals surface area contributed by atoms with Crippen LogP contribution in [0.4, 0.5) is 0 Å². The van der Waals surface area contributed by atoms with Crippen LogP contribution in [0.5, 0.6) is 0 Å². The van der Waals surface area contributed by atoms with E-state index in [0.29, 0.717) is 19.3 Å². The summed E-state index contributed by atoms with van der Waals surface area (Å²) < 4.78 is 11.2. The third-order valence-corrected chi connectivity index (χ3v) is 16.7. The Hall–Kier alpha value is -2.19. The summed E-state index contributed by atoms with van der Waals surface area (Å²) in [7, 11) is 0. The Balaban J connectivity index is 2.23. The third kappa shape index (κ3) is 47.5. The zero-order chi connectivity index (χ0) is 60.3. The molecule has 1 saturated heterocycles. The molecule has 1 fully saturated rings. The van der Waals surface area contributed by atoms with E-state index >= 15 is 0 Å². The van der Waals surface area contributed by atoms with E-state index in [1.165, 1.54) is 225 Å². The number of nitrogens with one attached hydrogen (secondary N) is 1. The van der Waals surface area contributed by atoms with E-state index in [-0.39, 0.29) is 12.8 Å². The minimum atomic E-state index is -1.68. The van der Waals surface area contributed by atoms with Crippen LogP contribution < -0.4 is 5.32 Å². The average molecular weight is 1170 g/mol. The van der Waals surface area contributed by atoms with Crippen LogP contribution >= 0.6 is 0 Å². The second-order valence-electron chi connectivity index (χ2n) is 24.6. The Morgan fingerprint density at radius 3 is 1.14 bits per heavy atom. The first-order chi connectivity index (χ1) is 40.7. The minimum absolute atomic E-state index is 0.240. The normalized spacial score (nSPS) is 19.4. The topological polar surface area (TPSA) is 189 Å². The Labute approximate surface area is 510 Å². The fraction of sp³-hybridized carbons (Fsp3) is 0.847. The summed E-state index contributed by atoms with van der Waals surface area (Å²) >= 11 is 0. The number of hydrogen-bond donors (Lipinski definition) is 8. The highest BCUT2D eigenvalue weighted by molar-refractivity contribution is 5.80. The Bertz CT molecular complexity index is 1530. The number of aliphatic hydroxyl groups is 7. The smallest absolute Gasteiger partial charge is 0.249 e. The molecule has 486 valence electrons. The van der Waals surface area contributed by atoms with Crippen molar-refractivity contribution in [2.45, 2.75) is 377 Å². The molecule has 0 aliphatic carbocycles. The Morgan fingerprint density at radius 2 is 0.759 bits per heavy atom. The monoisotopic (exact) mass is 1170 g/mol. The van der Waals surface area contributed by atoms with Gasteiger partial charge in [0.1, 0.15) is 36.6 Å². The fourth-order valence-corrected chi connectivity index (χ4v) is 11.1. The first-order valence-electron chi connectivity index (χ1n) is 35.2. The van der Waals surface area contributed by atoms with Crippen molar-refractivity contribution >= 4 is 5.91 Å². The van der Waals surface area contributed by atoms with Crippen LogP contribution in [0, 0.1) is 0 Å². The van der Waals surface area contributed by atoms with Crippen molar-refractivity contribution in [3.8, 4) is 0 Å². The molecule has 8 N–H and O–H groups in total. The first-order valence-corrected chi connectivity index (χ1v) is 35.2. The van der Waals surface area contributed by atoms with Crippen LogP contribution in [-0.2, 0) is 14.3 Å². The van der Waals surface area contributed by atoms with E-state index in [1.54, 1.807) is 0 Å². The van der Waals surface area contributed by atoms with Gasteiger partial charge in [0.25, 0.3) is 0 Å². The third-order valence-electron chi connectivity index (χ3n) is 16.7. The zero-order valence-corrected chi connectivity index (χ0v) is 53.7. The lowest BCUT2D eigenvalue weighted by Gasteiger charge is -2.40. The predicted molar refractivity (Wildman–Crippen MR) is 348 cm³/mol. The molecular formula is C72H133NO10. The number of allylic oxidation sites excluding steroid dienone is 10. The highest BCUT2D eigenvalue weighted by atomic mass is 16.7. The molecule has 0 radical (unpaired) electrons. The maximum Gasteiger partial charge on any atom is 0.249 e. The molecule has 9 atom stereocenters. The van der Waals surface area contributed by atoms with Gasteiger partial charge in [-0.05, 0) is 96.3 Å². The molecule has 0 spiro atoms. The predicted octanol–water partition coefficient (Wildman–Crippen LogP) is 16.9. The maximum atomic E-state index is 13.2. The van der Waals surface area contributed by atoms with Crippen molar-refractivity contribution in [2.75, 3.05) is 13.2 Å². The van der Waals surface area contributed by atoms with Gasteiger partial charge in [0.15, 0.2) is 6.29 Å². The molecule has 83 heavy (non-hydrogen) atoms. The first kappa shape index (κ1) is 78.8. The molecule has 9 unspecified atom stereocenters. The molecule has 0 bridgehead atoms. The molecular weight excluding hydrogens is 1040 g/mol. The van der Waals surface area contributed by atoms with E-state index < -0.39 is 74.2 Å². The van der Waals surface area contributed by atoms with Gasteiger partial charge in [0.2, 0.25) is 5.91 Å². The lowest BCUT2D eigenvalue weighted by atomic mass is 9.98. The average Bonchev–Trinajstić information content (AvgIpc) is 3.68. The summed E-state index contributed by atoms with van der Waals surface area (Å²) in [5.41, 5.74) is 0. The van der Waals surface area contributed by atoms with Gasteiger partial charge in [-0.1, -0.05) is 286 Å². The number of unbranched alkanes of at least 4 members (excludes halogenated alkanes) is 39. The highest BCUT2D eigenvalue weighted by Gasteiger charge is 2.44. The largest absolute Gasteiger partial charge is 0.394 e. The summed E-state index contributed by atoms with van der Waals surface area (Å²) in [5.74, 6) is -0.710. The molecule has 0 aromatic heterocycles. The van der Waals surface area contributed by atoms with Crippen molar-refractivity contribution < 1.29 is 50.0 Å². The van der Waals surface area contributed by atoms with Crippen molar-refractivity contribution in [2.24, 2.45) is 0 Å². The maximum absolute atomic E-state index is 13.2. The van der Waals surface area contributed by atoms with Gasteiger partial charge in [-0.25, -0.2) is 0 Å². The summed E-state index contributed by atoms with van der Waals surface area (Å²) in [4.78, 5) is 13.2. The SMILES string of the molecule is CCCCCCCCCCC/C=C\C/C=C\CCCCCCCCCCCCCCCCCCC(O)C(=O)NC(COC1OC(CO)C(O)C(O)C1O)C(O)C(O)CCC/C=C/CC/C=C/CC/C=C/CCCCCCCCCCCCC. The fourth-order valence-electron chi connectivity index (χ4n) is 11.1. The van der Waals surface area contributed by atoms with Crippen molar-refractivity contribution in [1.29, 1.82) is 0 Å². The number of aliphatic hydroxyl groups excluding tert-OH is 7. The highest BCUT2D eigenvalue weighted by Crippen LogP contribution is 2.24. The van der Waals surface area contributed by atoms with E-state index in [0.717, 1.165) is 51.4 Å². The van der Waals surface area contributed by atoms with E-state index in [4.69, 9.17) is 9.47 Å². The molecule has 1 rings (SSSR count). The number of rotatable bonds is 61. The molecule has 11 heteroatoms. The lowest BCUT2D eigenvalue weighted by Crippen LogP contribution is -2.60. The molecule has 1 heterocycles. The van der Waals surface area contributed by atoms with Gasteiger partial charge in [0.05, 0.1) is 25.4 Å². The van der Waals surface area contributed by atoms with Gasteiger partial charge < -0.3 is 50.5 Å². The van der Waals surface area contributed by atoms with Crippen LogP contribution in [0.25, 0.3) is 0 Å². The molecule has 1 amide bonds. The Kier molecular flexibility index (Phi) is 57.1. The minimum Gasteiger partial charge on any atom is -0.394 e. The van der Waals surface area contributed by atoms with Crippen LogP contribution in [0.15, 0.2) is 60.8 Å². The number of carbonyl (C=O) groups excluding carboxylic acids is 1. The molecule has 0 aromatic rings. The van der Waals surface area contributed by atoms with Crippen LogP contribution in [0.2, 0.25) is 0 Å². The van der Waals surface area contributed by atoms with Crippen molar-refractivity contribution in [1.82, 2.24) is 5.32 Å². The number of carbonyl (C=O) groups is 1. The van der Waals surface area contributed by atoms with E-state index in [1.807, 2.05) is 0 Å². The van der Waals surface area contributed by atoms with E-state index in [2.05, 4.69) is 79.9 Å². The summed E-state index contributed by atoms with van der Waals surface area (Å²) in [5, 5.41) is 76.4. The summed E-state index contributed by atoms with van der Waals surface area (Å²) in [6.07, 6.45) is 68.7. The zero-order valence-electron chi connectivity index (χ0n) is 53.7. The second kappa shape index (κ2) is 60.1. The number of ether oxygens (including phenoxy) is 2. The van der Waals surface area contributed by atoms with Crippen LogP contribution in [0.3, 0.4) is 0 Å². The number of amides is 1. The van der Waals surface area contributed by atoms with Gasteiger partial charge >= 0.3 is 0 Å². The standard InChI is InChI=1S/C72H133NO10/c1-3-5-7-9-11-13-15-17-19-21-23-25-27-29-30-31-32-33-34-35-36-38-40-42-44-46-48-50-52-54-56-58-60-65(76)71(81)73-63(62-82-72-70(80)69(79)68(78)66(61-74)83-72)67(77)64(75)59-57-55-53-51-49-47-45-43-41-39-37-28-26-24-22-20-18-16-14-12-10-8-6-4-2/h23,25,28-30,37,43,45,51,53,63-70,72,74-80H,3-22,24,26-27,31-36,38-42,44,46-50,52,54-62H2,1-2H3,(H,73,81)/b25-23-,30-29-,37-28+,45-43+,53-51+. The van der Waals surface area contributed by atoms with Gasteiger partial charge in [-0.15, -0.1) is 0 Å². The van der Waals surface area contributed by atoms with Gasteiger partial charge in [-0.2, -0.15) is 0 Å². The summed E-state index contributed by atoms with van der Waals surface area (Å²) in [6.45, 7) is 3.47. The molecule has 0 saturated carbocycles. The second-order valence-corrected chi connectivity index (χ2v) is 24.6. The molecule has 0 aromatic carbocycles. The van der Waals surface area contributed by atoms with E-state index in [9.17, 15) is 40.5 Å². The molecule has 1 aliphatic rings. The quantitative estimate of drug-likeness (QED) is 0.0215. The van der Waals surface area contributed by atoms with Crippen LogP contribution in [-0.4, -0.2) is 110 Å². The van der Waals surface area contributed by atoms with Crippen molar-refractivity contribution in [3.05, 3.63) is 60.8 Å². The summed E-state index contributed by atoms with van der Waals surface area (Å²) in [6, 6.07) is -1.20. The molecule has 11 nitrogen and oxygen atoms in total. The lowest BCUT2D eigenvalue weighted by molar-refractivity contribution is -0.303. The molecule has 1 aliphatic heterocycles. The van der Waals surface area contributed by atoms with Gasteiger partial charge in [-0.3, -0.25) is 4.79 Å². The number of hydrogen-bond acceptors (Lipinski definition) is 10. The Morgan fingerprint density at radius 1 is 0.422 bits per heavy atom.